The van der Waals surface area contributed by atoms with Crippen molar-refractivity contribution in [3.8, 4) is 0 Å². The zero-order valence-electron chi connectivity index (χ0n) is 15.2. The number of hydrogen-bond acceptors (Lipinski definition) is 5. The Bertz CT molecular complexity index is 521. The van der Waals surface area contributed by atoms with Gasteiger partial charge in [-0.25, -0.2) is 0 Å². The molecule has 0 unspecified atom stereocenters. The van der Waals surface area contributed by atoms with E-state index in [2.05, 4.69) is 28.6 Å². The molecule has 1 aromatic rings. The second kappa shape index (κ2) is 10.0. The summed E-state index contributed by atoms with van der Waals surface area (Å²) < 4.78 is 7.30. The first-order chi connectivity index (χ1) is 11.7. The highest BCUT2D eigenvalue weighted by atomic mass is 32.2. The second-order valence-corrected chi connectivity index (χ2v) is 7.47. The Kier molecular flexibility index (Phi) is 8.05. The summed E-state index contributed by atoms with van der Waals surface area (Å²) >= 11 is 1.51. The van der Waals surface area contributed by atoms with Crippen molar-refractivity contribution in [3.05, 3.63) is 5.82 Å². The summed E-state index contributed by atoms with van der Waals surface area (Å²) in [6.45, 7) is 7.70. The molecule has 24 heavy (non-hydrogen) atoms. The minimum absolute atomic E-state index is 0.218. The first kappa shape index (κ1) is 19.2. The summed E-state index contributed by atoms with van der Waals surface area (Å²) in [6, 6.07) is 0. The van der Waals surface area contributed by atoms with Gasteiger partial charge in [-0.3, -0.25) is 4.79 Å². The molecule has 1 aliphatic heterocycles. The van der Waals surface area contributed by atoms with Crippen LogP contribution >= 0.6 is 11.8 Å². The van der Waals surface area contributed by atoms with Crippen molar-refractivity contribution in [1.29, 1.82) is 0 Å². The number of rotatable bonds is 9. The Hall–Kier alpha value is -1.08. The number of carbonyl (C=O) groups excluding carboxylic acids is 1. The van der Waals surface area contributed by atoms with Crippen molar-refractivity contribution in [3.63, 3.8) is 0 Å². The molecule has 2 rings (SSSR count). The van der Waals surface area contributed by atoms with E-state index in [1.807, 2.05) is 4.90 Å². The largest absolute Gasteiger partial charge is 0.385 e. The van der Waals surface area contributed by atoms with Crippen LogP contribution < -0.4 is 0 Å². The van der Waals surface area contributed by atoms with Crippen LogP contribution in [0.25, 0.3) is 0 Å². The normalized spacial score (nSPS) is 18.1. The van der Waals surface area contributed by atoms with E-state index in [-0.39, 0.29) is 5.91 Å². The summed E-state index contributed by atoms with van der Waals surface area (Å²) in [5.74, 6) is 2.29. The molecule has 0 spiro atoms. The summed E-state index contributed by atoms with van der Waals surface area (Å²) in [5, 5.41) is 9.48. The van der Waals surface area contributed by atoms with Crippen LogP contribution in [0.15, 0.2) is 5.16 Å². The van der Waals surface area contributed by atoms with Gasteiger partial charge in [0.1, 0.15) is 5.82 Å². The molecule has 0 radical (unpaired) electrons. The van der Waals surface area contributed by atoms with E-state index >= 15 is 0 Å². The Morgan fingerprint density at radius 3 is 2.96 bits per heavy atom. The summed E-state index contributed by atoms with van der Waals surface area (Å²) in [7, 11) is 1.72. The molecule has 1 amide bonds. The standard InChI is InChI=1S/C17H30N4O2S/c1-4-7-15-18-19-17(21(15)10-6-11-23-3)24-13-16(22)20-9-5-8-14(2)12-20/h14H,4-13H2,1-3H3/t14-/m0/s1. The van der Waals surface area contributed by atoms with Crippen LogP contribution in [0, 0.1) is 5.92 Å². The Labute approximate surface area is 149 Å². The lowest BCUT2D eigenvalue weighted by atomic mass is 10.0. The van der Waals surface area contributed by atoms with Gasteiger partial charge in [0.05, 0.1) is 5.75 Å². The van der Waals surface area contributed by atoms with Crippen LogP contribution in [0.5, 0.6) is 0 Å². The predicted molar refractivity (Wildman–Crippen MR) is 96.2 cm³/mol. The SMILES string of the molecule is CCCc1nnc(SCC(=O)N2CCC[C@H](C)C2)n1CCCOC. The maximum Gasteiger partial charge on any atom is 0.233 e. The van der Waals surface area contributed by atoms with Crippen LogP contribution in [0.1, 0.15) is 45.4 Å². The van der Waals surface area contributed by atoms with Crippen LogP contribution in [-0.4, -0.2) is 58.1 Å². The van der Waals surface area contributed by atoms with Crippen molar-refractivity contribution >= 4 is 17.7 Å². The van der Waals surface area contributed by atoms with Gasteiger partial charge in [0.15, 0.2) is 5.16 Å². The molecule has 0 aliphatic carbocycles. The molecule has 0 aromatic carbocycles. The molecule has 136 valence electrons. The molecule has 1 aromatic heterocycles. The highest BCUT2D eigenvalue weighted by Crippen LogP contribution is 2.21. The van der Waals surface area contributed by atoms with Crippen LogP contribution in [0.3, 0.4) is 0 Å². The topological polar surface area (TPSA) is 60.2 Å². The Balaban J connectivity index is 1.93. The average Bonchev–Trinajstić information content (AvgIpc) is 2.95. The molecule has 1 saturated heterocycles. The molecular weight excluding hydrogens is 324 g/mol. The summed E-state index contributed by atoms with van der Waals surface area (Å²) in [4.78, 5) is 14.4. The van der Waals surface area contributed by atoms with Gasteiger partial charge in [-0.15, -0.1) is 10.2 Å². The molecule has 6 nitrogen and oxygen atoms in total. The van der Waals surface area contributed by atoms with Gasteiger partial charge in [-0.05, 0) is 31.6 Å². The van der Waals surface area contributed by atoms with Crippen LogP contribution in [0.4, 0.5) is 0 Å². The van der Waals surface area contributed by atoms with E-state index in [1.165, 1.54) is 18.2 Å². The minimum atomic E-state index is 0.218. The van der Waals surface area contributed by atoms with E-state index in [0.29, 0.717) is 11.7 Å². The molecule has 2 heterocycles. The van der Waals surface area contributed by atoms with Crippen molar-refractivity contribution in [1.82, 2.24) is 19.7 Å². The molecular formula is C17H30N4O2S. The van der Waals surface area contributed by atoms with E-state index in [1.54, 1.807) is 7.11 Å². The maximum atomic E-state index is 12.4. The first-order valence-corrected chi connectivity index (χ1v) is 9.95. The third-order valence-corrected chi connectivity index (χ3v) is 5.28. The fourth-order valence-electron chi connectivity index (χ4n) is 3.06. The molecule has 1 atom stereocenters. The zero-order chi connectivity index (χ0) is 17.4. The number of likely N-dealkylation sites (tertiary alicyclic amines) is 1. The third kappa shape index (κ3) is 5.48. The number of thioether (sulfide) groups is 1. The van der Waals surface area contributed by atoms with Gasteiger partial charge in [0, 0.05) is 39.8 Å². The van der Waals surface area contributed by atoms with Crippen molar-refractivity contribution < 1.29 is 9.53 Å². The molecule has 0 N–H and O–H groups in total. The van der Waals surface area contributed by atoms with Gasteiger partial charge < -0.3 is 14.2 Å². The van der Waals surface area contributed by atoms with Gasteiger partial charge in [-0.2, -0.15) is 0 Å². The highest BCUT2D eigenvalue weighted by molar-refractivity contribution is 7.99. The number of carbonyl (C=O) groups is 1. The predicted octanol–water partition coefficient (Wildman–Crippen LogP) is 2.62. The second-order valence-electron chi connectivity index (χ2n) is 6.52. The Morgan fingerprint density at radius 1 is 1.42 bits per heavy atom. The quantitative estimate of drug-likeness (QED) is 0.504. The van der Waals surface area contributed by atoms with E-state index in [4.69, 9.17) is 4.74 Å². The maximum absolute atomic E-state index is 12.4. The Morgan fingerprint density at radius 2 is 2.25 bits per heavy atom. The molecule has 0 bridgehead atoms. The highest BCUT2D eigenvalue weighted by Gasteiger charge is 2.22. The lowest BCUT2D eigenvalue weighted by Crippen LogP contribution is -2.40. The van der Waals surface area contributed by atoms with E-state index in [9.17, 15) is 4.79 Å². The van der Waals surface area contributed by atoms with Crippen molar-refractivity contribution in [2.45, 2.75) is 57.7 Å². The van der Waals surface area contributed by atoms with Crippen molar-refractivity contribution in [2.75, 3.05) is 32.6 Å². The molecule has 1 aliphatic rings. The number of nitrogens with zero attached hydrogens (tertiary/aromatic N) is 4. The van der Waals surface area contributed by atoms with Crippen molar-refractivity contribution in [2.24, 2.45) is 5.92 Å². The van der Waals surface area contributed by atoms with E-state index in [0.717, 1.165) is 62.9 Å². The zero-order valence-corrected chi connectivity index (χ0v) is 16.0. The number of methoxy groups -OCH3 is 1. The number of aryl methyl sites for hydroxylation is 1. The lowest BCUT2D eigenvalue weighted by Gasteiger charge is -2.30. The summed E-state index contributed by atoms with van der Waals surface area (Å²) in [5.41, 5.74) is 0. The van der Waals surface area contributed by atoms with Crippen LogP contribution in [0.2, 0.25) is 0 Å². The van der Waals surface area contributed by atoms with Crippen LogP contribution in [-0.2, 0) is 22.5 Å². The fourth-order valence-corrected chi connectivity index (χ4v) is 3.95. The molecule has 7 heteroatoms. The first-order valence-electron chi connectivity index (χ1n) is 8.97. The number of ether oxygens (including phenoxy) is 1. The number of hydrogen-bond donors (Lipinski definition) is 0. The van der Waals surface area contributed by atoms with Gasteiger partial charge >= 0.3 is 0 Å². The van der Waals surface area contributed by atoms with Gasteiger partial charge in [-0.1, -0.05) is 25.6 Å². The van der Waals surface area contributed by atoms with E-state index < -0.39 is 0 Å². The molecule has 1 fully saturated rings. The number of piperidine rings is 1. The number of aromatic nitrogens is 3. The van der Waals surface area contributed by atoms with Gasteiger partial charge in [0.2, 0.25) is 5.91 Å². The lowest BCUT2D eigenvalue weighted by molar-refractivity contribution is -0.130. The van der Waals surface area contributed by atoms with Gasteiger partial charge in [0.25, 0.3) is 0 Å². The monoisotopic (exact) mass is 354 g/mol. The fraction of sp³-hybridized carbons (Fsp3) is 0.824. The molecule has 0 saturated carbocycles. The average molecular weight is 355 g/mol. The number of amides is 1. The third-order valence-electron chi connectivity index (χ3n) is 4.33. The smallest absolute Gasteiger partial charge is 0.233 e. The minimum Gasteiger partial charge on any atom is -0.385 e. The summed E-state index contributed by atoms with van der Waals surface area (Å²) in [6.07, 6.45) is 5.22.